The van der Waals surface area contributed by atoms with E-state index in [4.69, 9.17) is 5.73 Å². The van der Waals surface area contributed by atoms with E-state index in [0.717, 1.165) is 41.8 Å². The first-order valence-corrected chi connectivity index (χ1v) is 9.23. The molecule has 0 amide bonds. The van der Waals surface area contributed by atoms with Gasteiger partial charge in [-0.3, -0.25) is 10.1 Å². The minimum Gasteiger partial charge on any atom is -0.378 e. The molecule has 9 heteroatoms. The fraction of sp³-hybridized carbons (Fsp3) is 0.353. The summed E-state index contributed by atoms with van der Waals surface area (Å²) in [7, 11) is 0. The number of allylic oxidation sites excluding steroid dienone is 1. The molecule has 2 N–H and O–H groups in total. The van der Waals surface area contributed by atoms with Crippen LogP contribution < -0.4 is 5.73 Å². The van der Waals surface area contributed by atoms with Gasteiger partial charge in [0, 0.05) is 12.1 Å². The zero-order valence-electron chi connectivity index (χ0n) is 14.6. The van der Waals surface area contributed by atoms with E-state index in [1.165, 1.54) is 24.2 Å². The van der Waals surface area contributed by atoms with Crippen molar-refractivity contribution in [1.29, 1.82) is 0 Å². The fourth-order valence-electron chi connectivity index (χ4n) is 2.89. The Bertz CT molecular complexity index is 875. The molecule has 0 bridgehead atoms. The number of nitrogens with zero attached hydrogens (tertiary/aromatic N) is 5. The number of amidine groups is 1. The number of nitrogens with two attached hydrogens (primary N) is 1. The summed E-state index contributed by atoms with van der Waals surface area (Å²) in [6.45, 7) is 4.05. The predicted octanol–water partition coefficient (Wildman–Crippen LogP) is 3.66. The van der Waals surface area contributed by atoms with Gasteiger partial charge >= 0.3 is 0 Å². The van der Waals surface area contributed by atoms with Crippen LogP contribution in [0.4, 0.5) is 5.69 Å². The average Bonchev–Trinajstić information content (AvgIpc) is 3.13. The first-order valence-electron chi connectivity index (χ1n) is 8.35. The molecular weight excluding hydrogens is 352 g/mol. The molecule has 26 heavy (non-hydrogen) atoms. The van der Waals surface area contributed by atoms with Crippen molar-refractivity contribution < 1.29 is 4.92 Å². The summed E-state index contributed by atoms with van der Waals surface area (Å²) in [5.74, 6) is 0. The van der Waals surface area contributed by atoms with Crippen LogP contribution >= 0.6 is 11.8 Å². The quantitative estimate of drug-likeness (QED) is 0.612. The molecule has 3 rings (SSSR count). The van der Waals surface area contributed by atoms with Crippen molar-refractivity contribution in [2.75, 3.05) is 0 Å². The van der Waals surface area contributed by atoms with E-state index in [0.29, 0.717) is 5.17 Å². The molecule has 2 aromatic rings. The number of nitro groups is 1. The highest BCUT2D eigenvalue weighted by Crippen LogP contribution is 2.45. The van der Waals surface area contributed by atoms with Crippen LogP contribution in [-0.4, -0.2) is 24.9 Å². The highest BCUT2D eigenvalue weighted by atomic mass is 32.2. The van der Waals surface area contributed by atoms with Crippen molar-refractivity contribution in [1.82, 2.24) is 14.8 Å². The number of non-ortho nitro benzene ring substituents is 1. The van der Waals surface area contributed by atoms with Crippen LogP contribution in [0.1, 0.15) is 42.6 Å². The number of hydrogen-bond donors (Lipinski definition) is 1. The van der Waals surface area contributed by atoms with Crippen LogP contribution in [0.5, 0.6) is 0 Å². The largest absolute Gasteiger partial charge is 0.378 e. The normalized spacial score (nSPS) is 17.3. The van der Waals surface area contributed by atoms with E-state index in [1.54, 1.807) is 23.1 Å². The number of aromatic nitrogens is 3. The monoisotopic (exact) mass is 372 g/mol. The van der Waals surface area contributed by atoms with Gasteiger partial charge < -0.3 is 5.73 Å². The molecule has 0 fully saturated rings. The number of rotatable bonds is 6. The van der Waals surface area contributed by atoms with Crippen LogP contribution in [-0.2, 0) is 0 Å². The Morgan fingerprint density at radius 1 is 1.42 bits per heavy atom. The molecule has 1 aromatic carbocycles. The topological polar surface area (TPSA) is 112 Å². The maximum atomic E-state index is 11.2. The Balaban J connectivity index is 2.16. The van der Waals surface area contributed by atoms with E-state index < -0.39 is 0 Å². The summed E-state index contributed by atoms with van der Waals surface area (Å²) in [6.07, 6.45) is 5.84. The van der Waals surface area contributed by atoms with E-state index >= 15 is 0 Å². The van der Waals surface area contributed by atoms with Crippen molar-refractivity contribution in [3.8, 4) is 0 Å². The van der Waals surface area contributed by atoms with Crippen molar-refractivity contribution in [3.05, 3.63) is 57.8 Å². The lowest BCUT2D eigenvalue weighted by Crippen LogP contribution is -2.20. The third-order valence-corrected chi connectivity index (χ3v) is 5.26. The number of nitro benzene ring substituents is 1. The van der Waals surface area contributed by atoms with E-state index in [-0.39, 0.29) is 15.9 Å². The molecule has 136 valence electrons. The molecule has 1 aliphatic rings. The van der Waals surface area contributed by atoms with E-state index in [2.05, 4.69) is 22.0 Å². The molecular formula is C17H20N6O2S. The SMILES string of the molecule is CCCCC1=C(n2cncn2)C(c2cc([N+](=O)[O-])ccc2C)SC(N)=N1. The molecule has 0 radical (unpaired) electrons. The molecule has 0 spiro atoms. The molecule has 1 aromatic heterocycles. The summed E-state index contributed by atoms with van der Waals surface area (Å²) >= 11 is 1.38. The molecule has 0 saturated carbocycles. The Kier molecular flexibility index (Phi) is 5.36. The highest BCUT2D eigenvalue weighted by Gasteiger charge is 2.30. The maximum Gasteiger partial charge on any atom is 0.269 e. The average molecular weight is 372 g/mol. The van der Waals surface area contributed by atoms with E-state index in [1.807, 2.05) is 6.92 Å². The Morgan fingerprint density at radius 3 is 2.88 bits per heavy atom. The van der Waals surface area contributed by atoms with Crippen LogP contribution in [0.3, 0.4) is 0 Å². The van der Waals surface area contributed by atoms with Gasteiger partial charge in [0.15, 0.2) is 5.17 Å². The van der Waals surface area contributed by atoms with Gasteiger partial charge in [0.1, 0.15) is 12.7 Å². The lowest BCUT2D eigenvalue weighted by molar-refractivity contribution is -0.384. The lowest BCUT2D eigenvalue weighted by Gasteiger charge is -2.27. The highest BCUT2D eigenvalue weighted by molar-refractivity contribution is 8.14. The Labute approximate surface area is 155 Å². The molecule has 1 atom stereocenters. The standard InChI is InChI=1S/C17H20N6O2S/c1-3-4-5-14-15(22-10-19-9-20-22)16(26-17(18)21-14)13-8-12(23(24)25)7-6-11(13)2/h6-10,16H,3-5H2,1-2H3,(H2,18,21). The van der Waals surface area contributed by atoms with Gasteiger partial charge in [-0.15, -0.1) is 0 Å². The van der Waals surface area contributed by atoms with Gasteiger partial charge in [-0.05, 0) is 30.9 Å². The third kappa shape index (κ3) is 3.62. The van der Waals surface area contributed by atoms with Crippen LogP contribution in [0, 0.1) is 17.0 Å². The molecule has 1 unspecified atom stereocenters. The first kappa shape index (κ1) is 18.1. The van der Waals surface area contributed by atoms with Gasteiger partial charge in [0.05, 0.1) is 21.6 Å². The fourth-order valence-corrected chi connectivity index (χ4v) is 4.03. The Hall–Kier alpha value is -2.68. The zero-order valence-corrected chi connectivity index (χ0v) is 15.4. The second-order valence-corrected chi connectivity index (χ2v) is 7.15. The van der Waals surface area contributed by atoms with Crippen LogP contribution in [0.25, 0.3) is 5.70 Å². The lowest BCUT2D eigenvalue weighted by atomic mass is 10.00. The van der Waals surface area contributed by atoms with Crippen LogP contribution in [0.2, 0.25) is 0 Å². The maximum absolute atomic E-state index is 11.2. The number of aryl methyl sites for hydroxylation is 1. The summed E-state index contributed by atoms with van der Waals surface area (Å²) in [5, 5.41) is 15.7. The molecule has 8 nitrogen and oxygen atoms in total. The summed E-state index contributed by atoms with van der Waals surface area (Å²) < 4.78 is 1.69. The molecule has 1 aliphatic heterocycles. The predicted molar refractivity (Wildman–Crippen MR) is 103 cm³/mol. The van der Waals surface area contributed by atoms with Crippen molar-refractivity contribution in [2.45, 2.75) is 38.4 Å². The smallest absolute Gasteiger partial charge is 0.269 e. The number of unbranched alkanes of at least 4 members (excludes halogenated alkanes) is 1. The van der Waals surface area contributed by atoms with Crippen LogP contribution in [0.15, 0.2) is 41.5 Å². The Morgan fingerprint density at radius 2 is 2.23 bits per heavy atom. The minimum atomic E-state index is -0.384. The minimum absolute atomic E-state index is 0.0559. The second kappa shape index (κ2) is 7.69. The van der Waals surface area contributed by atoms with Crippen molar-refractivity contribution in [2.24, 2.45) is 10.7 Å². The van der Waals surface area contributed by atoms with E-state index in [9.17, 15) is 10.1 Å². The van der Waals surface area contributed by atoms with Gasteiger partial charge in [-0.25, -0.2) is 14.7 Å². The summed E-state index contributed by atoms with van der Waals surface area (Å²) in [5.41, 5.74) is 9.64. The van der Waals surface area contributed by atoms with Gasteiger partial charge in [-0.1, -0.05) is 31.2 Å². The van der Waals surface area contributed by atoms with Crippen molar-refractivity contribution in [3.63, 3.8) is 0 Å². The molecule has 0 saturated heterocycles. The van der Waals surface area contributed by atoms with Gasteiger partial charge in [-0.2, -0.15) is 5.10 Å². The number of benzene rings is 1. The zero-order chi connectivity index (χ0) is 18.7. The summed E-state index contributed by atoms with van der Waals surface area (Å²) in [6, 6.07) is 4.89. The number of thioether (sulfide) groups is 1. The molecule has 0 aliphatic carbocycles. The first-order chi connectivity index (χ1) is 12.5. The molecule has 2 heterocycles. The number of hydrogen-bond acceptors (Lipinski definition) is 7. The summed E-state index contributed by atoms with van der Waals surface area (Å²) in [4.78, 5) is 19.4. The van der Waals surface area contributed by atoms with Crippen molar-refractivity contribution >= 4 is 28.3 Å². The van der Waals surface area contributed by atoms with Gasteiger partial charge in [0.25, 0.3) is 5.69 Å². The second-order valence-electron chi connectivity index (χ2n) is 6.02. The van der Waals surface area contributed by atoms with Gasteiger partial charge in [0.2, 0.25) is 0 Å². The third-order valence-electron chi connectivity index (χ3n) is 4.22. The number of aliphatic imine (C=N–C) groups is 1.